The summed E-state index contributed by atoms with van der Waals surface area (Å²) in [4.78, 5) is 132. The molecule has 0 radical (unpaired) electrons. The summed E-state index contributed by atoms with van der Waals surface area (Å²) in [6, 6.07) is 28.2. The van der Waals surface area contributed by atoms with E-state index in [9.17, 15) is 52.7 Å². The van der Waals surface area contributed by atoms with Gasteiger partial charge in [-0.05, 0) is 159 Å². The van der Waals surface area contributed by atoms with Crippen LogP contribution in [-0.4, -0.2) is 320 Å². The van der Waals surface area contributed by atoms with Gasteiger partial charge in [0.15, 0.2) is 18.2 Å². The van der Waals surface area contributed by atoms with Crippen molar-refractivity contribution in [1.82, 2.24) is 43.0 Å². The van der Waals surface area contributed by atoms with E-state index in [2.05, 4.69) is 111 Å². The second-order valence-electron chi connectivity index (χ2n) is 29.8. The summed E-state index contributed by atoms with van der Waals surface area (Å²) in [5.74, 6) is 1.84. The Morgan fingerprint density at radius 1 is 0.319 bits per heavy atom. The van der Waals surface area contributed by atoms with Crippen LogP contribution in [0.3, 0.4) is 0 Å². The van der Waals surface area contributed by atoms with Gasteiger partial charge in [-0.15, -0.1) is 11.6 Å². The normalized spacial score (nSPS) is 10.6. The number of hydrogen-bond donors (Lipinski definition) is 16. The Kier molecular flexibility index (Phi) is 100. The largest absolute Gasteiger partial charge is 0.479 e. The number of nitrogens with zero attached hydrogens (tertiary/aromatic N) is 2. The van der Waals surface area contributed by atoms with Crippen molar-refractivity contribution in [2.24, 2.45) is 27.5 Å². The first-order chi connectivity index (χ1) is 67.9. The molecule has 43 heteroatoms. The van der Waals surface area contributed by atoms with E-state index in [1.165, 1.54) is 27.3 Å². The number of carboxylic acid groups (broad SMARTS) is 1. The van der Waals surface area contributed by atoms with E-state index < -0.39 is 5.97 Å². The molecule has 0 unspecified atom stereocenters. The zero-order valence-electron chi connectivity index (χ0n) is 84.6. The number of alkyl halides is 1. The van der Waals surface area contributed by atoms with Crippen LogP contribution < -0.4 is 81.6 Å². The zero-order chi connectivity index (χ0) is 104. The fourth-order valence-corrected chi connectivity index (χ4v) is 10.7. The van der Waals surface area contributed by atoms with Crippen molar-refractivity contribution >= 4 is 111 Å². The maximum Gasteiger partial charge on any atom is 0.331 e. The molecule has 4 aromatic rings. The number of nitrogens with two attached hydrogens (primary N) is 3. The van der Waals surface area contributed by atoms with Gasteiger partial charge in [0.2, 0.25) is 47.3 Å². The molecule has 4 rings (SSSR count). The molecule has 0 aliphatic heterocycles. The molecule has 0 aromatic heterocycles. The third-order valence-corrected chi connectivity index (χ3v) is 17.8. The number of nitrogens with one attached hydrogen (secondary N) is 12. The van der Waals surface area contributed by atoms with Crippen LogP contribution in [0.5, 0.6) is 0 Å². The predicted molar refractivity (Wildman–Crippen MR) is 552 cm³/mol. The molecule has 4 aromatic carbocycles. The van der Waals surface area contributed by atoms with E-state index in [0.29, 0.717) is 244 Å². The second kappa shape index (κ2) is 103. The first-order valence-electron chi connectivity index (χ1n) is 47.6. The minimum absolute atomic E-state index is 0. The first-order valence-corrected chi connectivity index (χ1v) is 48.3. The fourth-order valence-electron chi connectivity index (χ4n) is 10.7. The van der Waals surface area contributed by atoms with Crippen LogP contribution in [0.15, 0.2) is 107 Å². The van der Waals surface area contributed by atoms with Crippen molar-refractivity contribution in [3.63, 3.8) is 0 Å². The van der Waals surface area contributed by atoms with Gasteiger partial charge in [0.1, 0.15) is 0 Å². The number of hydroxylamine groups is 1. The van der Waals surface area contributed by atoms with E-state index in [0.717, 1.165) is 74.3 Å². The maximum absolute atomic E-state index is 12.1. The average molecular weight is 2020 g/mol. The molecule has 0 bridgehead atoms. The molecule has 0 saturated carbocycles. The number of halogens is 1. The monoisotopic (exact) mass is 2020 g/mol. The first kappa shape index (κ1) is 137. The Morgan fingerprint density at radius 2 is 0.525 bits per heavy atom. The van der Waals surface area contributed by atoms with Crippen molar-refractivity contribution in [1.29, 1.82) is 0 Å². The topological polar surface area (TPSA) is 575 Å². The van der Waals surface area contributed by atoms with Gasteiger partial charge in [0, 0.05) is 192 Å². The zero-order valence-corrected chi connectivity index (χ0v) is 85.4. The summed E-state index contributed by atoms with van der Waals surface area (Å²) in [7, 11) is 6.62. The Labute approximate surface area is 840 Å². The molecule has 42 nitrogen and oxygen atoms in total. The number of carbonyl (C=O) groups is 11. The molecular formula is C98H170ClN17O25. The molecule has 0 aliphatic rings. The van der Waals surface area contributed by atoms with Gasteiger partial charge in [-0.3, -0.25) is 64.1 Å². The van der Waals surface area contributed by atoms with Gasteiger partial charge in [-0.2, -0.15) is 10.2 Å². The van der Waals surface area contributed by atoms with Crippen LogP contribution >= 0.6 is 11.6 Å². The highest BCUT2D eigenvalue weighted by molar-refractivity contribution is 6.15. The summed E-state index contributed by atoms with van der Waals surface area (Å²) in [5.41, 5.74) is 27.6. The Balaban J connectivity index is -0.000000850. The molecule has 19 N–H and O–H groups in total. The molecule has 0 fully saturated rings. The number of ketones is 2. The maximum atomic E-state index is 12.1. The number of hydrogen-bond acceptors (Lipinski definition) is 33. The SMILES string of the molecule is C.CC(=O)c1cccc(NC(=O)CCC(=O)NCCCOCCOCCOCCCN)c1.CCCCOCCOCCOCCCNC(=O)CCC(=O)Nc1cccc(/C(C)=N/NC)c1.CCCCOCCOCCOCCCNC(=O)CCC(=O)Nc1cccc(C(C)=O)c1.CCl.CN/N=C(\C)c1cccc(NC(=O)CCC(=O)NCCCOCCOCCOCCCN)c1.CNN.CNOCC(=O)O. The number of Topliss-reactive ketones (excluding diaryl/α,β-unsaturated/α-hetero) is 2. The molecule has 0 aliphatic carbocycles. The van der Waals surface area contributed by atoms with Crippen LogP contribution in [-0.2, 0) is 105 Å². The highest BCUT2D eigenvalue weighted by atomic mass is 35.5. The van der Waals surface area contributed by atoms with Gasteiger partial charge in [-0.25, -0.2) is 10.3 Å². The standard InChI is InChI=1S/C24H40N4O5.C23H39N5O5.C23H36N2O6.C22H35N3O6.C3H7NO3.CH3Cl.CH6N2.CH4/c1-4-5-13-31-15-17-33-18-16-32-14-7-12-26-23(29)10-11-24(30)27-22-9-6-8-21(19-22)20(2)28-25-3;1-19(28-25-2)20-6-3-7-21(18-20)27-23(30)9-8-22(29)26-11-5-13-32-15-17-33-16-14-31-12-4-10-24;1-3-4-12-29-14-16-31-17-15-30-13-6-11-24-22(27)9-10-23(28)25-21-8-5-7-20(18-21)19(2)26;1-18(26)19-5-2-6-20(17-19)25-22(28)8-7-21(27)24-10-4-12-30-14-16-31-15-13-29-11-3-9-23;1-4-7-2-3(5)6;1-2;1-3-2;/h6,8-9,19,25H,4-5,7,10-18H2,1-3H3,(H,26,29)(H,27,30);3,6-7,18,25H,4-5,8-17,24H2,1-2H3,(H,26,29)(H,27,30);5,7-8,18H,3-4,6,9-17H2,1-2H3,(H,24,27)(H,25,28);2,5-6,17H,3-4,7-16,23H2,1H3,(H,24,27)(H,25,28);4H,2H2,1H3,(H,5,6);1H3;3H,2H2,1H3;1H4/b28-20+;28-19+;;;;;;. The van der Waals surface area contributed by atoms with Crippen molar-refractivity contribution in [2.45, 2.75) is 165 Å². The van der Waals surface area contributed by atoms with Crippen molar-refractivity contribution in [3.8, 4) is 0 Å². The average Bonchev–Trinajstić information content (AvgIpc) is 0.880. The van der Waals surface area contributed by atoms with E-state index in [1.54, 1.807) is 81.8 Å². The number of hydrazone groups is 2. The molecule has 0 atom stereocenters. The predicted octanol–water partition coefficient (Wildman–Crippen LogP) is 8.23. The van der Waals surface area contributed by atoms with Gasteiger partial charge < -0.3 is 127 Å². The number of unbranched alkanes of at least 4 members (excludes halogenated alkanes) is 2. The molecule has 141 heavy (non-hydrogen) atoms. The minimum atomic E-state index is -0.977. The summed E-state index contributed by atoms with van der Waals surface area (Å²) in [6.07, 6.45) is 11.2. The van der Waals surface area contributed by atoms with Crippen LogP contribution in [0.2, 0.25) is 0 Å². The summed E-state index contributed by atoms with van der Waals surface area (Å²) < 4.78 is 64.8. The summed E-state index contributed by atoms with van der Waals surface area (Å²) >= 11 is 4.64. The number of carbonyl (C=O) groups excluding carboxylic acids is 10. The highest BCUT2D eigenvalue weighted by Crippen LogP contribution is 2.17. The lowest BCUT2D eigenvalue weighted by atomic mass is 10.1. The highest BCUT2D eigenvalue weighted by Gasteiger charge is 2.15. The summed E-state index contributed by atoms with van der Waals surface area (Å²) in [6.45, 7) is 27.5. The number of aliphatic carboxylic acids is 1. The van der Waals surface area contributed by atoms with E-state index in [-0.39, 0.29) is 124 Å². The van der Waals surface area contributed by atoms with E-state index >= 15 is 0 Å². The number of rotatable bonds is 77. The fraction of sp³-hybridized carbons (Fsp3) is 0.622. The van der Waals surface area contributed by atoms with Crippen LogP contribution in [0.1, 0.15) is 196 Å². The van der Waals surface area contributed by atoms with Gasteiger partial charge in [0.25, 0.3) is 0 Å². The third kappa shape index (κ3) is 92.2. The Hall–Kier alpha value is -10.0. The molecular weight excluding hydrogens is 1850 g/mol. The van der Waals surface area contributed by atoms with Gasteiger partial charge >= 0.3 is 5.97 Å². The molecule has 804 valence electrons. The number of hydrazine groups is 1. The van der Waals surface area contributed by atoms with Gasteiger partial charge in [0.05, 0.1) is 117 Å². The second-order valence-corrected chi connectivity index (χ2v) is 29.8. The van der Waals surface area contributed by atoms with Crippen molar-refractivity contribution in [2.75, 3.05) is 260 Å². The quantitative estimate of drug-likeness (QED) is 0.00494. The number of anilines is 4. The lowest BCUT2D eigenvalue weighted by molar-refractivity contribution is -0.144. The third-order valence-electron chi connectivity index (χ3n) is 17.8. The molecule has 0 saturated heterocycles. The number of benzene rings is 4. The van der Waals surface area contributed by atoms with Crippen LogP contribution in [0, 0.1) is 0 Å². The van der Waals surface area contributed by atoms with Gasteiger partial charge in [-0.1, -0.05) is 82.6 Å². The minimum Gasteiger partial charge on any atom is -0.479 e. The smallest absolute Gasteiger partial charge is 0.331 e. The van der Waals surface area contributed by atoms with E-state index in [1.807, 2.05) is 50.2 Å². The van der Waals surface area contributed by atoms with Crippen LogP contribution in [0.25, 0.3) is 0 Å². The molecule has 8 amide bonds. The number of carboxylic acids is 1. The Bertz CT molecular complexity index is 3670. The summed E-state index contributed by atoms with van der Waals surface area (Å²) in [5, 5.41) is 38.3. The Morgan fingerprint density at radius 3 is 0.723 bits per heavy atom. The number of ether oxygens (including phenoxy) is 12. The van der Waals surface area contributed by atoms with Crippen molar-refractivity contribution < 1.29 is 120 Å². The molecule has 0 heterocycles. The lowest BCUT2D eigenvalue weighted by Gasteiger charge is -2.09. The van der Waals surface area contributed by atoms with E-state index in [4.69, 9.17) is 73.4 Å². The molecule has 0 spiro atoms. The van der Waals surface area contributed by atoms with Crippen molar-refractivity contribution in [3.05, 3.63) is 119 Å². The number of amides is 8. The van der Waals surface area contributed by atoms with Crippen LogP contribution in [0.4, 0.5) is 22.7 Å². The lowest BCUT2D eigenvalue weighted by Crippen LogP contribution is -2.26.